The molecule has 0 aromatic heterocycles. The van der Waals surface area contributed by atoms with Crippen molar-refractivity contribution in [2.75, 3.05) is 14.2 Å². The van der Waals surface area contributed by atoms with Crippen molar-refractivity contribution in [3.8, 4) is 5.75 Å². The normalized spacial score (nSPS) is 14.6. The van der Waals surface area contributed by atoms with Crippen molar-refractivity contribution >= 4 is 29.9 Å². The van der Waals surface area contributed by atoms with Gasteiger partial charge in [-0.25, -0.2) is 4.39 Å². The summed E-state index contributed by atoms with van der Waals surface area (Å²) in [6, 6.07) is 5.47. The molecule has 2 rings (SSSR count). The van der Waals surface area contributed by atoms with Crippen molar-refractivity contribution in [2.45, 2.75) is 25.4 Å². The van der Waals surface area contributed by atoms with Gasteiger partial charge in [0.25, 0.3) is 0 Å². The standard InChI is InChI=1S/C13H18FN3O.HI/c1-15-13(17-10-4-5-10)16-8-9-3-6-12(18-2)11(14)7-9;/h3,6-7,10H,4-5,8H2,1-2H3,(H2,15,16,17);1H. The SMILES string of the molecule is CN=C(NCc1ccc(OC)c(F)c1)NC1CC1.I. The molecule has 0 spiro atoms. The highest BCUT2D eigenvalue weighted by molar-refractivity contribution is 14.0. The van der Waals surface area contributed by atoms with Gasteiger partial charge in [-0.05, 0) is 30.5 Å². The van der Waals surface area contributed by atoms with Crippen LogP contribution in [0.5, 0.6) is 5.75 Å². The Labute approximate surface area is 129 Å². The van der Waals surface area contributed by atoms with E-state index in [2.05, 4.69) is 15.6 Å². The fourth-order valence-electron chi connectivity index (χ4n) is 1.62. The van der Waals surface area contributed by atoms with Gasteiger partial charge in [0.1, 0.15) is 0 Å². The summed E-state index contributed by atoms with van der Waals surface area (Å²) >= 11 is 0. The van der Waals surface area contributed by atoms with E-state index in [0.717, 1.165) is 11.5 Å². The second-order valence-corrected chi connectivity index (χ2v) is 4.31. The zero-order valence-electron chi connectivity index (χ0n) is 11.1. The Morgan fingerprint density at radius 3 is 2.74 bits per heavy atom. The molecule has 1 fully saturated rings. The lowest BCUT2D eigenvalue weighted by molar-refractivity contribution is 0.386. The van der Waals surface area contributed by atoms with E-state index in [9.17, 15) is 4.39 Å². The molecule has 1 aliphatic carbocycles. The number of benzene rings is 1. The van der Waals surface area contributed by atoms with Gasteiger partial charge < -0.3 is 15.4 Å². The number of hydrogen-bond acceptors (Lipinski definition) is 2. The lowest BCUT2D eigenvalue weighted by atomic mass is 10.2. The summed E-state index contributed by atoms with van der Waals surface area (Å²) in [4.78, 5) is 4.12. The third-order valence-electron chi connectivity index (χ3n) is 2.82. The number of halogens is 2. The fourth-order valence-corrected chi connectivity index (χ4v) is 1.62. The molecule has 1 aromatic carbocycles. The molecule has 0 radical (unpaired) electrons. The molecular formula is C13H19FIN3O. The van der Waals surface area contributed by atoms with E-state index in [4.69, 9.17) is 4.74 Å². The number of methoxy groups -OCH3 is 1. The molecule has 19 heavy (non-hydrogen) atoms. The molecule has 6 heteroatoms. The summed E-state index contributed by atoms with van der Waals surface area (Å²) in [5, 5.41) is 6.42. The topological polar surface area (TPSA) is 45.7 Å². The second kappa shape index (κ2) is 7.52. The zero-order valence-corrected chi connectivity index (χ0v) is 13.4. The number of hydrogen-bond donors (Lipinski definition) is 2. The van der Waals surface area contributed by atoms with Crippen LogP contribution in [-0.4, -0.2) is 26.2 Å². The smallest absolute Gasteiger partial charge is 0.191 e. The van der Waals surface area contributed by atoms with E-state index in [1.165, 1.54) is 26.0 Å². The van der Waals surface area contributed by atoms with E-state index >= 15 is 0 Å². The molecule has 4 nitrogen and oxygen atoms in total. The van der Waals surface area contributed by atoms with E-state index in [0.29, 0.717) is 12.6 Å². The lowest BCUT2D eigenvalue weighted by Gasteiger charge is -2.11. The summed E-state index contributed by atoms with van der Waals surface area (Å²) < 4.78 is 18.4. The number of aliphatic imine (C=N–C) groups is 1. The molecule has 0 amide bonds. The van der Waals surface area contributed by atoms with Crippen molar-refractivity contribution in [1.29, 1.82) is 0 Å². The molecule has 106 valence electrons. The number of nitrogens with zero attached hydrogens (tertiary/aromatic N) is 1. The minimum atomic E-state index is -0.345. The molecule has 1 aliphatic rings. The summed E-state index contributed by atoms with van der Waals surface area (Å²) in [6.45, 7) is 0.535. The fraction of sp³-hybridized carbons (Fsp3) is 0.462. The molecule has 0 atom stereocenters. The van der Waals surface area contributed by atoms with Gasteiger partial charge in [0.15, 0.2) is 17.5 Å². The van der Waals surface area contributed by atoms with Gasteiger partial charge in [0, 0.05) is 19.6 Å². The van der Waals surface area contributed by atoms with Crippen molar-refractivity contribution in [1.82, 2.24) is 10.6 Å². The van der Waals surface area contributed by atoms with Crippen molar-refractivity contribution < 1.29 is 9.13 Å². The predicted octanol–water partition coefficient (Wildman–Crippen LogP) is 2.28. The summed E-state index contributed by atoms with van der Waals surface area (Å²) in [7, 11) is 3.18. The molecule has 2 N–H and O–H groups in total. The van der Waals surface area contributed by atoms with Gasteiger partial charge in [-0.3, -0.25) is 4.99 Å². The van der Waals surface area contributed by atoms with Crippen LogP contribution in [0.3, 0.4) is 0 Å². The predicted molar refractivity (Wildman–Crippen MR) is 84.7 cm³/mol. The third-order valence-corrected chi connectivity index (χ3v) is 2.82. The Balaban J connectivity index is 0.00000180. The first-order valence-electron chi connectivity index (χ1n) is 6.02. The first kappa shape index (κ1) is 16.0. The van der Waals surface area contributed by atoms with Crippen molar-refractivity contribution in [3.63, 3.8) is 0 Å². The van der Waals surface area contributed by atoms with Gasteiger partial charge in [-0.2, -0.15) is 0 Å². The minimum absolute atomic E-state index is 0. The average molecular weight is 379 g/mol. The van der Waals surface area contributed by atoms with Crippen molar-refractivity contribution in [2.24, 2.45) is 4.99 Å². The van der Waals surface area contributed by atoms with Crippen LogP contribution < -0.4 is 15.4 Å². The molecule has 1 saturated carbocycles. The molecular weight excluding hydrogens is 360 g/mol. The number of ether oxygens (including phenoxy) is 1. The Kier molecular flexibility index (Phi) is 6.33. The van der Waals surface area contributed by atoms with Gasteiger partial charge in [-0.1, -0.05) is 6.07 Å². The van der Waals surface area contributed by atoms with Crippen LogP contribution in [0.2, 0.25) is 0 Å². The quantitative estimate of drug-likeness (QED) is 0.480. The average Bonchev–Trinajstić information content (AvgIpc) is 3.18. The van der Waals surface area contributed by atoms with E-state index < -0.39 is 0 Å². The highest BCUT2D eigenvalue weighted by Crippen LogP contribution is 2.19. The molecule has 1 aromatic rings. The number of guanidine groups is 1. The summed E-state index contributed by atoms with van der Waals surface area (Å²) in [6.07, 6.45) is 2.38. The maximum Gasteiger partial charge on any atom is 0.191 e. The maximum absolute atomic E-state index is 13.5. The van der Waals surface area contributed by atoms with Gasteiger partial charge in [0.2, 0.25) is 0 Å². The van der Waals surface area contributed by atoms with Gasteiger partial charge in [0.05, 0.1) is 7.11 Å². The Bertz CT molecular complexity index is 450. The number of rotatable bonds is 4. The highest BCUT2D eigenvalue weighted by Gasteiger charge is 2.21. The lowest BCUT2D eigenvalue weighted by Crippen LogP contribution is -2.38. The molecule has 0 aliphatic heterocycles. The molecule has 0 saturated heterocycles. The second-order valence-electron chi connectivity index (χ2n) is 4.31. The summed E-state index contributed by atoms with van der Waals surface area (Å²) in [5.41, 5.74) is 0.854. The van der Waals surface area contributed by atoms with E-state index in [1.807, 2.05) is 6.07 Å². The van der Waals surface area contributed by atoms with Crippen molar-refractivity contribution in [3.05, 3.63) is 29.6 Å². The highest BCUT2D eigenvalue weighted by atomic mass is 127. The van der Waals surface area contributed by atoms with Crippen LogP contribution in [0, 0.1) is 5.82 Å². The largest absolute Gasteiger partial charge is 0.494 e. The van der Waals surface area contributed by atoms with E-state index in [1.54, 1.807) is 13.1 Å². The van der Waals surface area contributed by atoms with Gasteiger partial charge >= 0.3 is 0 Å². The van der Waals surface area contributed by atoms with Crippen LogP contribution in [0.15, 0.2) is 23.2 Å². The molecule has 0 heterocycles. The Hall–Kier alpha value is -1.05. The minimum Gasteiger partial charge on any atom is -0.494 e. The Morgan fingerprint density at radius 2 is 2.21 bits per heavy atom. The maximum atomic E-state index is 13.5. The molecule has 0 unspecified atom stereocenters. The third kappa shape index (κ3) is 4.85. The van der Waals surface area contributed by atoms with E-state index in [-0.39, 0.29) is 35.5 Å². The molecule has 0 bridgehead atoms. The monoisotopic (exact) mass is 379 g/mol. The summed E-state index contributed by atoms with van der Waals surface area (Å²) in [5.74, 6) is 0.676. The Morgan fingerprint density at radius 1 is 1.47 bits per heavy atom. The first-order chi connectivity index (χ1) is 8.72. The van der Waals surface area contributed by atoms with Crippen LogP contribution in [-0.2, 0) is 6.54 Å². The van der Waals surface area contributed by atoms with Gasteiger partial charge in [-0.15, -0.1) is 24.0 Å². The van der Waals surface area contributed by atoms with Crippen LogP contribution in [0.4, 0.5) is 4.39 Å². The first-order valence-corrected chi connectivity index (χ1v) is 6.02. The zero-order chi connectivity index (χ0) is 13.0. The number of nitrogens with one attached hydrogen (secondary N) is 2. The van der Waals surface area contributed by atoms with Crippen LogP contribution >= 0.6 is 24.0 Å². The van der Waals surface area contributed by atoms with Crippen LogP contribution in [0.25, 0.3) is 0 Å². The van der Waals surface area contributed by atoms with Crippen LogP contribution in [0.1, 0.15) is 18.4 Å².